The molecule has 16 aromatic rings. The fraction of sp³-hybridized carbons (Fsp3) is 0.143. The molecule has 0 saturated carbocycles. The standard InChI is InChI=1S/C112H96O16/c113-105-81-41-83-51-98(122-66-74-27-11-2-12-28-74)53-85(106(83)114)43-87-55-100(124-68-76-31-15-4-16-32-76)57-89(108(87)116)45-91-59-102(126-70-78-35-19-6-20-36-78)61-93(110(91)118)47-95-63-104(128-72-80-39-23-8-24-40-80)64-96(112(95)120)48-94-62-103(127-71-79-37-21-7-22-38-79)60-92(111(94)119)46-90-58-101(125-69-77-33-17-5-18-34-77)56-88(109(90)117)44-86-54-99(123-67-75-29-13-3-14-30-75)52-84(107(86)115)42-82(105)50-97(49-81)121-65-73-25-9-1-10-26-73/h1-40,49-64,113-120H,41-48,65-72H2. The molecule has 0 radical (unpaired) electrons. The highest BCUT2D eigenvalue weighted by atomic mass is 16.5. The van der Waals surface area contributed by atoms with Gasteiger partial charge in [-0.3, -0.25) is 0 Å². The Hall–Kier alpha value is -15.7. The Morgan fingerprint density at radius 2 is 0.219 bits per heavy atom. The van der Waals surface area contributed by atoms with Crippen LogP contribution in [0.25, 0.3) is 0 Å². The highest BCUT2D eigenvalue weighted by Crippen LogP contribution is 2.47. The van der Waals surface area contributed by atoms with Gasteiger partial charge in [-0.1, -0.05) is 243 Å². The topological polar surface area (TPSA) is 236 Å². The average molecular weight is 1700 g/mol. The quantitative estimate of drug-likeness (QED) is 0.0281. The predicted molar refractivity (Wildman–Crippen MR) is 493 cm³/mol. The summed E-state index contributed by atoms with van der Waals surface area (Å²) >= 11 is 0. The smallest absolute Gasteiger partial charge is 0.122 e. The Kier molecular flexibility index (Phi) is 26.3. The first-order valence-corrected chi connectivity index (χ1v) is 42.7. The highest BCUT2D eigenvalue weighted by molar-refractivity contribution is 5.63. The molecule has 0 spiro atoms. The second kappa shape index (κ2) is 39.9. The van der Waals surface area contributed by atoms with Crippen LogP contribution in [0.15, 0.2) is 340 Å². The van der Waals surface area contributed by atoms with Crippen LogP contribution < -0.4 is 37.9 Å². The summed E-state index contributed by atoms with van der Waals surface area (Å²) in [5.74, 6) is 1.75. The summed E-state index contributed by atoms with van der Waals surface area (Å²) in [6.07, 6.45) is -0.774. The zero-order valence-corrected chi connectivity index (χ0v) is 70.5. The van der Waals surface area contributed by atoms with E-state index < -0.39 is 0 Å². The van der Waals surface area contributed by atoms with Crippen molar-refractivity contribution < 1.29 is 78.7 Å². The second-order valence-corrected chi connectivity index (χ2v) is 32.3. The van der Waals surface area contributed by atoms with Crippen LogP contribution in [0.3, 0.4) is 0 Å². The molecule has 0 atom stereocenters. The Balaban J connectivity index is 0.863. The largest absolute Gasteiger partial charge is 0.507 e. The van der Waals surface area contributed by atoms with Crippen molar-refractivity contribution in [1.29, 1.82) is 0 Å². The Morgan fingerprint density at radius 3 is 0.305 bits per heavy atom. The third kappa shape index (κ3) is 21.4. The average Bonchev–Trinajstić information content (AvgIpc) is 0.787. The molecule has 0 saturated heterocycles. The molecule has 1 aliphatic rings. The molecule has 16 nitrogen and oxygen atoms in total. The first-order chi connectivity index (χ1) is 62.6. The Labute approximate surface area is 743 Å². The van der Waals surface area contributed by atoms with Gasteiger partial charge in [-0.15, -0.1) is 0 Å². The first-order valence-electron chi connectivity index (χ1n) is 42.7. The van der Waals surface area contributed by atoms with Crippen LogP contribution in [0, 0.1) is 0 Å². The molecular weight excluding hydrogens is 1600 g/mol. The van der Waals surface area contributed by atoms with E-state index in [1.54, 1.807) is 97.1 Å². The molecular formula is C112H96O16. The summed E-state index contributed by atoms with van der Waals surface area (Å²) in [5.41, 5.74) is 12.6. The second-order valence-electron chi connectivity index (χ2n) is 32.3. The maximum Gasteiger partial charge on any atom is 0.122 e. The summed E-state index contributed by atoms with van der Waals surface area (Å²) in [6.45, 7) is 1.17. The lowest BCUT2D eigenvalue weighted by molar-refractivity contribution is 0.304. The molecule has 0 unspecified atom stereocenters. The number of phenols is 8. The number of hydrogen-bond donors (Lipinski definition) is 8. The van der Waals surface area contributed by atoms with E-state index in [4.69, 9.17) is 37.9 Å². The van der Waals surface area contributed by atoms with E-state index in [0.717, 1.165) is 44.5 Å². The van der Waals surface area contributed by atoms with E-state index in [-0.39, 0.29) is 150 Å². The third-order valence-corrected chi connectivity index (χ3v) is 23.0. The highest BCUT2D eigenvalue weighted by Gasteiger charge is 2.27. The third-order valence-electron chi connectivity index (χ3n) is 23.0. The molecule has 8 N–H and O–H groups in total. The van der Waals surface area contributed by atoms with Crippen LogP contribution in [0.4, 0.5) is 0 Å². The minimum absolute atomic E-state index is 0.0968. The number of fused-ring (bicyclic) bond motifs is 16. The van der Waals surface area contributed by atoms with Crippen LogP contribution in [0.1, 0.15) is 134 Å². The Bertz CT molecular complexity index is 5140. The van der Waals surface area contributed by atoms with Gasteiger partial charge < -0.3 is 78.7 Å². The van der Waals surface area contributed by atoms with Crippen molar-refractivity contribution in [3.8, 4) is 92.0 Å². The first kappa shape index (κ1) is 84.5. The van der Waals surface area contributed by atoms with E-state index in [1.165, 1.54) is 0 Å². The number of ether oxygens (including phenoxy) is 8. The van der Waals surface area contributed by atoms with Crippen LogP contribution in [0.5, 0.6) is 92.0 Å². The summed E-state index contributed by atoms with van der Waals surface area (Å²) in [7, 11) is 0. The summed E-state index contributed by atoms with van der Waals surface area (Å²) in [4.78, 5) is 0. The summed E-state index contributed by atoms with van der Waals surface area (Å²) in [5, 5.41) is 105. The maximum absolute atomic E-state index is 13.1. The molecule has 640 valence electrons. The number of hydrogen-bond acceptors (Lipinski definition) is 16. The molecule has 17 rings (SSSR count). The molecule has 16 aromatic carbocycles. The lowest BCUT2D eigenvalue weighted by atomic mass is 9.91. The Morgan fingerprint density at radius 1 is 0.133 bits per heavy atom. The lowest BCUT2D eigenvalue weighted by Crippen LogP contribution is -2.05. The van der Waals surface area contributed by atoms with Crippen LogP contribution in [-0.4, -0.2) is 40.9 Å². The predicted octanol–water partition coefficient (Wildman–Crippen LogP) is 23.0. The normalized spacial score (nSPS) is 12.0. The molecule has 0 fully saturated rings. The molecule has 0 heterocycles. The van der Waals surface area contributed by atoms with Gasteiger partial charge in [0, 0.05) is 140 Å². The van der Waals surface area contributed by atoms with Gasteiger partial charge in [0.2, 0.25) is 0 Å². The van der Waals surface area contributed by atoms with Crippen molar-refractivity contribution in [3.05, 3.63) is 473 Å². The molecule has 16 bridgehead atoms. The van der Waals surface area contributed by atoms with Gasteiger partial charge in [-0.25, -0.2) is 0 Å². The van der Waals surface area contributed by atoms with Gasteiger partial charge in [-0.05, 0) is 142 Å². The van der Waals surface area contributed by atoms with E-state index in [1.807, 2.05) is 243 Å². The van der Waals surface area contributed by atoms with Gasteiger partial charge in [-0.2, -0.15) is 0 Å². The molecule has 16 heteroatoms. The zero-order chi connectivity index (χ0) is 87.7. The zero-order valence-electron chi connectivity index (χ0n) is 70.5. The van der Waals surface area contributed by atoms with E-state index in [9.17, 15) is 40.9 Å². The molecule has 128 heavy (non-hydrogen) atoms. The SMILES string of the molecule is Oc1c2cc(OCc3ccccc3)cc1Cc1cc(OCc3ccccc3)cc(c1O)Cc1cc(OCc3ccccc3)cc(c1O)Cc1cc(OCc3ccccc3)cc(c1O)Cc1cc(OCc3ccccc3)cc(c1O)Cc1cc(OCc3ccccc3)cc(c1O)Cc1cc(OCc3ccccc3)cc(c1O)Cc1cc(OCc3ccccc3)cc(c1O)C2. The van der Waals surface area contributed by atoms with E-state index in [2.05, 4.69) is 0 Å². The van der Waals surface area contributed by atoms with Gasteiger partial charge in [0.25, 0.3) is 0 Å². The maximum atomic E-state index is 13.1. The van der Waals surface area contributed by atoms with Gasteiger partial charge in [0.1, 0.15) is 145 Å². The van der Waals surface area contributed by atoms with E-state index in [0.29, 0.717) is 135 Å². The van der Waals surface area contributed by atoms with Crippen LogP contribution >= 0.6 is 0 Å². The van der Waals surface area contributed by atoms with Crippen molar-refractivity contribution in [2.45, 2.75) is 104 Å². The van der Waals surface area contributed by atoms with Gasteiger partial charge in [0.05, 0.1) is 0 Å². The molecule has 1 aliphatic carbocycles. The molecule has 0 aliphatic heterocycles. The summed E-state index contributed by atoms with van der Waals surface area (Å²) < 4.78 is 53.5. The van der Waals surface area contributed by atoms with Crippen LogP contribution in [0.2, 0.25) is 0 Å². The number of rotatable bonds is 24. The minimum atomic E-state index is -0.156. The van der Waals surface area contributed by atoms with Gasteiger partial charge in [0.15, 0.2) is 0 Å². The van der Waals surface area contributed by atoms with Gasteiger partial charge >= 0.3 is 0 Å². The lowest BCUT2D eigenvalue weighted by Gasteiger charge is -2.20. The van der Waals surface area contributed by atoms with E-state index >= 15 is 0 Å². The number of aromatic hydroxyl groups is 8. The van der Waals surface area contributed by atoms with Crippen molar-refractivity contribution in [2.75, 3.05) is 0 Å². The fourth-order valence-electron chi connectivity index (χ4n) is 16.2. The van der Waals surface area contributed by atoms with Crippen molar-refractivity contribution in [2.24, 2.45) is 0 Å². The van der Waals surface area contributed by atoms with Crippen molar-refractivity contribution in [1.82, 2.24) is 0 Å². The van der Waals surface area contributed by atoms with Crippen LogP contribution in [-0.2, 0) is 104 Å². The fourth-order valence-corrected chi connectivity index (χ4v) is 16.2. The molecule has 0 aromatic heterocycles. The number of benzene rings is 16. The monoisotopic (exact) mass is 1700 g/mol. The number of phenolic OH excluding ortho intramolecular Hbond substituents is 8. The minimum Gasteiger partial charge on any atom is -0.507 e. The van der Waals surface area contributed by atoms with Crippen molar-refractivity contribution in [3.63, 3.8) is 0 Å². The summed E-state index contributed by atoms with van der Waals surface area (Å²) in [6, 6.07) is 105. The van der Waals surface area contributed by atoms with Crippen molar-refractivity contribution >= 4 is 0 Å². The molecule has 0 amide bonds.